The van der Waals surface area contributed by atoms with Crippen LogP contribution in [-0.2, 0) is 5.41 Å². The smallest absolute Gasteiger partial charge is 0.0991 e. The first-order valence-corrected chi connectivity index (χ1v) is 16.1. The van der Waals surface area contributed by atoms with Crippen LogP contribution in [0.5, 0.6) is 0 Å². The monoisotopic (exact) mass is 607 g/mol. The number of aromatic nitrogens is 1. The summed E-state index contributed by atoms with van der Waals surface area (Å²) in [4.78, 5) is 0. The second kappa shape index (κ2) is 9.66. The van der Waals surface area contributed by atoms with Gasteiger partial charge in [0.25, 0.3) is 0 Å². The van der Waals surface area contributed by atoms with Gasteiger partial charge in [0.2, 0.25) is 0 Å². The summed E-state index contributed by atoms with van der Waals surface area (Å²) in [6.07, 6.45) is 0. The minimum atomic E-state index is -0.582. The van der Waals surface area contributed by atoms with Crippen LogP contribution in [-0.4, -0.2) is 4.57 Å². The lowest BCUT2D eigenvalue weighted by Crippen LogP contribution is -2.33. The van der Waals surface area contributed by atoms with Crippen molar-refractivity contribution in [1.29, 1.82) is 10.5 Å². The van der Waals surface area contributed by atoms with Gasteiger partial charge in [-0.05, 0) is 104 Å². The Morgan fingerprint density at radius 1 is 0.438 bits per heavy atom. The number of hydrogen-bond donors (Lipinski definition) is 0. The molecule has 0 radical (unpaired) electrons. The van der Waals surface area contributed by atoms with Gasteiger partial charge in [-0.25, -0.2) is 0 Å². The molecule has 1 atom stereocenters. The molecule has 48 heavy (non-hydrogen) atoms. The molecule has 10 rings (SSSR count). The highest BCUT2D eigenvalue weighted by atomic mass is 15.0. The fourth-order valence-electron chi connectivity index (χ4n) is 8.51. The van der Waals surface area contributed by atoms with E-state index in [-0.39, 0.29) is 0 Å². The average Bonchev–Trinajstić information content (AvgIpc) is 3.65. The third-order valence-electron chi connectivity index (χ3n) is 10.4. The van der Waals surface area contributed by atoms with Gasteiger partial charge in [-0.15, -0.1) is 0 Å². The van der Waals surface area contributed by atoms with E-state index in [1.54, 1.807) is 0 Å². The van der Waals surface area contributed by atoms with E-state index in [0.29, 0.717) is 11.1 Å². The summed E-state index contributed by atoms with van der Waals surface area (Å²) in [5, 5.41) is 21.8. The standard InChI is InChI=1S/C45H25N3/c46-26-28-8-5-10-30(22-28)32-19-21-38-37(24-32)34-20-18-33(31-11-6-9-29(23-31)27-47)25-41(34)45(38)39-14-2-4-17-43(39)48-42-16-3-1-12-35(42)36-13-7-15-40(45)44(36)48/h1-25H. The van der Waals surface area contributed by atoms with Gasteiger partial charge in [0.1, 0.15) is 0 Å². The van der Waals surface area contributed by atoms with Crippen LogP contribution >= 0.6 is 0 Å². The lowest BCUT2D eigenvalue weighted by Gasteiger charge is -2.39. The zero-order valence-corrected chi connectivity index (χ0v) is 25.8. The molecule has 1 unspecified atom stereocenters. The number of para-hydroxylation sites is 3. The molecule has 7 aromatic carbocycles. The highest BCUT2D eigenvalue weighted by Gasteiger charge is 2.51. The number of nitriles is 2. The van der Waals surface area contributed by atoms with Gasteiger partial charge < -0.3 is 4.57 Å². The van der Waals surface area contributed by atoms with Gasteiger partial charge >= 0.3 is 0 Å². The Kier molecular flexibility index (Phi) is 5.34. The van der Waals surface area contributed by atoms with E-state index in [4.69, 9.17) is 0 Å². The SMILES string of the molecule is N#Cc1cccc(-c2ccc3c(c2)-c2ccc(-c4cccc(C#N)c4)cc2C32c3ccccc3-n3c4ccccc4c4cccc2c43)c1. The van der Waals surface area contributed by atoms with E-state index in [1.165, 1.54) is 60.9 Å². The van der Waals surface area contributed by atoms with Crippen molar-refractivity contribution >= 4 is 21.8 Å². The van der Waals surface area contributed by atoms with Crippen molar-refractivity contribution < 1.29 is 0 Å². The quantitative estimate of drug-likeness (QED) is 0.196. The van der Waals surface area contributed by atoms with Crippen LogP contribution in [0.15, 0.2) is 152 Å². The number of fused-ring (bicyclic) bond motifs is 12. The summed E-state index contributed by atoms with van der Waals surface area (Å²) in [5.41, 5.74) is 15.9. The maximum absolute atomic E-state index is 9.71. The molecule has 0 saturated carbocycles. The van der Waals surface area contributed by atoms with Crippen molar-refractivity contribution in [3.8, 4) is 51.2 Å². The van der Waals surface area contributed by atoms with Crippen LogP contribution in [0.2, 0.25) is 0 Å². The second-order valence-corrected chi connectivity index (χ2v) is 12.7. The van der Waals surface area contributed by atoms with Gasteiger partial charge in [0.05, 0.1) is 45.4 Å². The molecule has 3 heteroatoms. The summed E-state index contributed by atoms with van der Waals surface area (Å²) in [5.74, 6) is 0. The average molecular weight is 608 g/mol. The van der Waals surface area contributed by atoms with Crippen molar-refractivity contribution in [2.24, 2.45) is 0 Å². The lowest BCUT2D eigenvalue weighted by atomic mass is 9.65. The zero-order chi connectivity index (χ0) is 32.0. The summed E-state index contributed by atoms with van der Waals surface area (Å²) in [6, 6.07) is 58.4. The van der Waals surface area contributed by atoms with Crippen LogP contribution in [0.25, 0.3) is 60.9 Å². The summed E-state index contributed by atoms with van der Waals surface area (Å²) >= 11 is 0. The molecule has 220 valence electrons. The molecule has 0 N–H and O–H groups in total. The molecule has 0 bridgehead atoms. The van der Waals surface area contributed by atoms with Crippen molar-refractivity contribution in [2.45, 2.75) is 5.41 Å². The first-order valence-electron chi connectivity index (χ1n) is 16.1. The Labute approximate surface area is 277 Å². The van der Waals surface area contributed by atoms with Crippen LogP contribution in [0.4, 0.5) is 0 Å². The number of rotatable bonds is 2. The lowest BCUT2D eigenvalue weighted by molar-refractivity contribution is 0.749. The highest BCUT2D eigenvalue weighted by Crippen LogP contribution is 2.61. The molecule has 8 aromatic rings. The minimum absolute atomic E-state index is 0.582. The number of benzene rings is 7. The molecule has 1 aliphatic carbocycles. The molecular formula is C45H25N3. The molecule has 1 spiro atoms. The first kappa shape index (κ1) is 26.5. The van der Waals surface area contributed by atoms with Gasteiger partial charge in [-0.2, -0.15) is 10.5 Å². The van der Waals surface area contributed by atoms with Crippen LogP contribution < -0.4 is 0 Å². The van der Waals surface area contributed by atoms with Crippen molar-refractivity contribution in [3.63, 3.8) is 0 Å². The fourth-order valence-corrected chi connectivity index (χ4v) is 8.51. The summed E-state index contributed by atoms with van der Waals surface area (Å²) in [7, 11) is 0. The molecule has 2 heterocycles. The Bertz CT molecular complexity index is 2770. The molecule has 0 amide bonds. The van der Waals surface area contributed by atoms with Crippen molar-refractivity contribution in [1.82, 2.24) is 4.57 Å². The highest BCUT2D eigenvalue weighted by molar-refractivity contribution is 6.13. The van der Waals surface area contributed by atoms with E-state index in [2.05, 4.69) is 132 Å². The third kappa shape index (κ3) is 3.35. The van der Waals surface area contributed by atoms with Gasteiger partial charge in [0, 0.05) is 10.8 Å². The number of hydrogen-bond acceptors (Lipinski definition) is 2. The maximum Gasteiger partial charge on any atom is 0.0991 e. The normalized spacial score (nSPS) is 15.1. The third-order valence-corrected chi connectivity index (χ3v) is 10.4. The maximum atomic E-state index is 9.71. The van der Waals surface area contributed by atoms with Gasteiger partial charge in [0.15, 0.2) is 0 Å². The first-order chi connectivity index (χ1) is 23.7. The molecule has 0 fully saturated rings. The molecule has 1 aliphatic heterocycles. The second-order valence-electron chi connectivity index (χ2n) is 12.7. The van der Waals surface area contributed by atoms with E-state index in [1.807, 2.05) is 36.4 Å². The Morgan fingerprint density at radius 2 is 1.06 bits per heavy atom. The van der Waals surface area contributed by atoms with Crippen molar-refractivity contribution in [2.75, 3.05) is 0 Å². The van der Waals surface area contributed by atoms with E-state index in [0.717, 1.165) is 22.3 Å². The molecule has 3 nitrogen and oxygen atoms in total. The molecule has 0 saturated heterocycles. The molecule has 1 aromatic heterocycles. The van der Waals surface area contributed by atoms with E-state index in [9.17, 15) is 10.5 Å². The largest absolute Gasteiger partial charge is 0.309 e. The predicted octanol–water partition coefficient (Wildman–Crippen LogP) is 10.5. The Morgan fingerprint density at radius 3 is 1.85 bits per heavy atom. The van der Waals surface area contributed by atoms with Gasteiger partial charge in [-0.1, -0.05) is 103 Å². The van der Waals surface area contributed by atoms with Crippen LogP contribution in [0, 0.1) is 22.7 Å². The fraction of sp³-hybridized carbons (Fsp3) is 0.0222. The van der Waals surface area contributed by atoms with Gasteiger partial charge in [-0.3, -0.25) is 0 Å². The zero-order valence-electron chi connectivity index (χ0n) is 25.8. The summed E-state index contributed by atoms with van der Waals surface area (Å²) < 4.78 is 2.46. The van der Waals surface area contributed by atoms with Crippen LogP contribution in [0.1, 0.15) is 33.4 Å². The van der Waals surface area contributed by atoms with E-state index < -0.39 is 5.41 Å². The minimum Gasteiger partial charge on any atom is -0.309 e. The Hall–Kier alpha value is -6.68. The molecule has 2 aliphatic rings. The topological polar surface area (TPSA) is 52.5 Å². The predicted molar refractivity (Wildman–Crippen MR) is 192 cm³/mol. The van der Waals surface area contributed by atoms with Crippen molar-refractivity contribution in [3.05, 3.63) is 185 Å². The summed E-state index contributed by atoms with van der Waals surface area (Å²) in [6.45, 7) is 0. The van der Waals surface area contributed by atoms with E-state index >= 15 is 0 Å². The van der Waals surface area contributed by atoms with Crippen LogP contribution in [0.3, 0.4) is 0 Å². The number of nitrogens with zero attached hydrogens (tertiary/aromatic N) is 3. The molecular weight excluding hydrogens is 583 g/mol. The Balaban J connectivity index is 1.36.